The van der Waals surface area contributed by atoms with Crippen LogP contribution in [0.2, 0.25) is 0 Å². The molecule has 13 rings (SSSR count). The highest BCUT2D eigenvalue weighted by Gasteiger charge is 2.68. The molecule has 0 radical (unpaired) electrons. The number of para-hydroxylation sites is 1. The summed E-state index contributed by atoms with van der Waals surface area (Å²) in [5.74, 6) is -0.361. The summed E-state index contributed by atoms with van der Waals surface area (Å²) in [5.41, 5.74) is 1.44. The van der Waals surface area contributed by atoms with Crippen LogP contribution in [0.3, 0.4) is 0 Å². The zero-order valence-corrected chi connectivity index (χ0v) is 45.1. The number of hydrogen-bond donors (Lipinski definition) is 0. The van der Waals surface area contributed by atoms with E-state index in [4.69, 9.17) is 23.0 Å². The van der Waals surface area contributed by atoms with Crippen LogP contribution in [0.5, 0.6) is 5.75 Å². The Morgan fingerprint density at radius 1 is 0.395 bits per heavy atom. The van der Waals surface area contributed by atoms with Gasteiger partial charge in [-0.05, 0) is 127 Å². The van der Waals surface area contributed by atoms with E-state index in [0.717, 1.165) is 82.0 Å². The number of ether oxygens (including phenoxy) is 2. The van der Waals surface area contributed by atoms with Gasteiger partial charge >= 0.3 is 8.60 Å². The molecule has 2 fully saturated rings. The quantitative estimate of drug-likeness (QED) is 0.135. The molecule has 0 aromatic heterocycles. The largest absolute Gasteiger partial charge is 0.426 e. The smallest absolute Gasteiger partial charge is 0.399 e. The van der Waals surface area contributed by atoms with Crippen LogP contribution in [0.4, 0.5) is 0 Å². The summed E-state index contributed by atoms with van der Waals surface area (Å²) in [6.07, 6.45) is -1.66. The summed E-state index contributed by atoms with van der Waals surface area (Å²) in [5, 5.41) is 12.2. The fourth-order valence-electron chi connectivity index (χ4n) is 11.7. The van der Waals surface area contributed by atoms with E-state index in [1.165, 1.54) is 10.6 Å². The van der Waals surface area contributed by atoms with E-state index in [9.17, 15) is 0 Å². The van der Waals surface area contributed by atoms with Crippen molar-refractivity contribution >= 4 is 75.5 Å². The van der Waals surface area contributed by atoms with Crippen LogP contribution in [0.1, 0.15) is 62.4 Å². The molecule has 0 aliphatic carbocycles. The highest BCUT2D eigenvalue weighted by molar-refractivity contribution is 7.80. The molecule has 2 atom stereocenters. The predicted octanol–water partition coefficient (Wildman–Crippen LogP) is 16.4. The van der Waals surface area contributed by atoms with Gasteiger partial charge in [0.2, 0.25) is 0 Å². The molecule has 7 heteroatoms. The first kappa shape index (κ1) is 48.6. The predicted molar refractivity (Wildman–Crippen MR) is 315 cm³/mol. The first-order valence-corrected chi connectivity index (χ1v) is 28.6. The molecule has 0 unspecified atom stereocenters. The topological polar surface area (TPSA) is 46.2 Å². The van der Waals surface area contributed by atoms with Crippen LogP contribution in [0.25, 0.3) is 43.1 Å². The Morgan fingerprint density at radius 3 is 1.09 bits per heavy atom. The molecular weight excluding hydrogens is 971 g/mol. The standard InChI is InChI=1S/C69H58O5P2/c1-66(2,3)61-33-20-34-62(75(59-29-8-6-9-30-59)60-31-10-7-11-32-60)63(61)72-76-73-68(55-39-35-47-21-12-16-25-51(47)43-55,56-40-36-48-22-13-17-26-52(48)44-56)64-65(71-67(4,5)70-64)69(74-76,57-41-37-49-23-14-18-27-53(49)45-57)58-42-38-50-24-15-19-28-54(50)46-58/h6-46,64-65H,1-5H3/t64-,65-/m1/s1. The van der Waals surface area contributed by atoms with Crippen LogP contribution in [0, 0.1) is 0 Å². The second-order valence-electron chi connectivity index (χ2n) is 21.6. The molecule has 76 heavy (non-hydrogen) atoms. The Kier molecular flexibility index (Phi) is 12.3. The Morgan fingerprint density at radius 2 is 0.737 bits per heavy atom. The van der Waals surface area contributed by atoms with Crippen LogP contribution in [-0.4, -0.2) is 18.0 Å². The van der Waals surface area contributed by atoms with Crippen molar-refractivity contribution in [2.75, 3.05) is 0 Å². The Hall–Kier alpha value is -7.04. The molecule has 0 bridgehead atoms. The van der Waals surface area contributed by atoms with Gasteiger partial charge in [-0.3, -0.25) is 9.05 Å². The molecule has 374 valence electrons. The molecule has 2 saturated heterocycles. The monoisotopic (exact) mass is 1030 g/mol. The SMILES string of the molecule is CC1(C)O[C@@H]2[C@@H](O1)C(c1ccc3ccccc3c1)(c1ccc3ccccc3c1)OP(Oc1c(P(c3ccccc3)c3ccccc3)cccc1C(C)(C)C)OC2(c1ccc2ccccc2c1)c1ccc2ccccc2c1. The van der Waals surface area contributed by atoms with Gasteiger partial charge in [0.25, 0.3) is 0 Å². The van der Waals surface area contributed by atoms with E-state index >= 15 is 0 Å². The maximum atomic E-state index is 8.29. The van der Waals surface area contributed by atoms with E-state index in [1.54, 1.807) is 0 Å². The van der Waals surface area contributed by atoms with Crippen LogP contribution < -0.4 is 20.4 Å². The lowest BCUT2D eigenvalue weighted by molar-refractivity contribution is -0.175. The molecule has 0 saturated carbocycles. The molecule has 5 nitrogen and oxygen atoms in total. The fraction of sp³-hybridized carbons (Fsp3) is 0.159. The van der Waals surface area contributed by atoms with Gasteiger partial charge in [-0.15, -0.1) is 0 Å². The summed E-state index contributed by atoms with van der Waals surface area (Å²) in [6, 6.07) is 89.0. The van der Waals surface area contributed by atoms with E-state index < -0.39 is 45.7 Å². The number of fused-ring (bicyclic) bond motifs is 5. The van der Waals surface area contributed by atoms with Gasteiger partial charge in [0.1, 0.15) is 18.0 Å². The molecule has 0 N–H and O–H groups in total. The minimum atomic E-state index is -2.47. The van der Waals surface area contributed by atoms with Crippen molar-refractivity contribution in [3.63, 3.8) is 0 Å². The highest BCUT2D eigenvalue weighted by atomic mass is 31.2. The zero-order chi connectivity index (χ0) is 51.7. The molecule has 11 aromatic carbocycles. The number of hydrogen-bond acceptors (Lipinski definition) is 5. The second-order valence-corrected chi connectivity index (χ2v) is 24.8. The van der Waals surface area contributed by atoms with Crippen molar-refractivity contribution in [2.45, 2.75) is 69.2 Å². The van der Waals surface area contributed by atoms with Crippen LogP contribution in [-0.2, 0) is 35.1 Å². The lowest BCUT2D eigenvalue weighted by atomic mass is 9.71. The maximum absolute atomic E-state index is 8.29. The van der Waals surface area contributed by atoms with Crippen molar-refractivity contribution in [1.82, 2.24) is 0 Å². The van der Waals surface area contributed by atoms with Crippen molar-refractivity contribution in [3.8, 4) is 5.75 Å². The fourth-order valence-corrected chi connectivity index (χ4v) is 15.7. The number of rotatable bonds is 9. The molecule has 2 aliphatic heterocycles. The van der Waals surface area contributed by atoms with Gasteiger partial charge in [0, 0.05) is 10.9 Å². The third kappa shape index (κ3) is 8.52. The zero-order valence-electron chi connectivity index (χ0n) is 43.3. The van der Waals surface area contributed by atoms with Crippen molar-refractivity contribution in [3.05, 3.63) is 277 Å². The van der Waals surface area contributed by atoms with Crippen molar-refractivity contribution in [2.24, 2.45) is 0 Å². The van der Waals surface area contributed by atoms with Gasteiger partial charge in [-0.2, -0.15) is 0 Å². The number of benzene rings is 11. The summed E-state index contributed by atoms with van der Waals surface area (Å²) >= 11 is 0. The third-order valence-electron chi connectivity index (χ3n) is 15.3. The Bertz CT molecular complexity index is 3560. The van der Waals surface area contributed by atoms with E-state index in [1.807, 2.05) is 13.8 Å². The third-order valence-corrected chi connectivity index (χ3v) is 19.0. The molecular formula is C69H58O5P2. The highest BCUT2D eigenvalue weighted by Crippen LogP contribution is 2.66. The minimum Gasteiger partial charge on any atom is -0.426 e. The van der Waals surface area contributed by atoms with Crippen molar-refractivity contribution < 1.29 is 23.0 Å². The molecule has 2 heterocycles. The van der Waals surface area contributed by atoms with Gasteiger partial charge in [-0.1, -0.05) is 245 Å². The summed E-state index contributed by atoms with van der Waals surface area (Å²) in [7, 11) is -3.63. The van der Waals surface area contributed by atoms with Gasteiger partial charge < -0.3 is 14.0 Å². The lowest BCUT2D eigenvalue weighted by Crippen LogP contribution is -2.53. The lowest BCUT2D eigenvalue weighted by Gasteiger charge is -2.41. The van der Waals surface area contributed by atoms with Gasteiger partial charge in [0.15, 0.2) is 17.0 Å². The van der Waals surface area contributed by atoms with Crippen LogP contribution in [0.15, 0.2) is 249 Å². The van der Waals surface area contributed by atoms with Gasteiger partial charge in [0.05, 0.1) is 0 Å². The normalized spacial score (nSPS) is 18.2. The molecule has 2 aliphatic rings. The van der Waals surface area contributed by atoms with E-state index in [-0.39, 0.29) is 5.41 Å². The first-order chi connectivity index (χ1) is 37.0. The second kappa shape index (κ2) is 19.2. The molecule has 0 spiro atoms. The first-order valence-electron chi connectivity index (χ1n) is 26.2. The van der Waals surface area contributed by atoms with E-state index in [0.29, 0.717) is 0 Å². The Balaban J connectivity index is 1.15. The Labute approximate surface area is 447 Å². The summed E-state index contributed by atoms with van der Waals surface area (Å²) < 4.78 is 39.9. The average molecular weight is 1030 g/mol. The summed E-state index contributed by atoms with van der Waals surface area (Å²) in [4.78, 5) is 0. The van der Waals surface area contributed by atoms with Crippen LogP contribution >= 0.6 is 16.5 Å². The van der Waals surface area contributed by atoms with Crippen molar-refractivity contribution in [1.29, 1.82) is 0 Å². The summed E-state index contributed by atoms with van der Waals surface area (Å²) in [6.45, 7) is 10.8. The minimum absolute atomic E-state index is 0.366. The van der Waals surface area contributed by atoms with E-state index in [2.05, 4.69) is 269 Å². The molecule has 0 amide bonds. The average Bonchev–Trinajstić information content (AvgIpc) is 3.88. The molecule has 11 aromatic rings. The maximum Gasteiger partial charge on any atom is 0.399 e. The van der Waals surface area contributed by atoms with Gasteiger partial charge in [-0.25, -0.2) is 0 Å².